The average molecular weight is 307 g/mol. The number of anilines is 2. The summed E-state index contributed by atoms with van der Waals surface area (Å²) < 4.78 is 5.23. The van der Waals surface area contributed by atoms with Crippen LogP contribution in [-0.4, -0.2) is 19.1 Å². The molecule has 0 aliphatic rings. The Morgan fingerprint density at radius 2 is 2.00 bits per heavy atom. The molecule has 0 spiro atoms. The van der Waals surface area contributed by atoms with Crippen LogP contribution >= 0.6 is 23.8 Å². The smallest absolute Gasteiger partial charge is 0.120 e. The summed E-state index contributed by atoms with van der Waals surface area (Å²) in [6.45, 7) is 0. The van der Waals surface area contributed by atoms with Gasteiger partial charge in [0, 0.05) is 24.4 Å². The van der Waals surface area contributed by atoms with Crippen LogP contribution in [0.5, 0.6) is 5.75 Å². The third-order valence-electron chi connectivity index (χ3n) is 3.03. The molecule has 3 nitrogen and oxygen atoms in total. The predicted octanol–water partition coefficient (Wildman–Crippen LogP) is 3.75. The van der Waals surface area contributed by atoms with Gasteiger partial charge in [-0.1, -0.05) is 29.9 Å². The summed E-state index contributed by atoms with van der Waals surface area (Å²) in [7, 11) is 3.58. The summed E-state index contributed by atoms with van der Waals surface area (Å²) in [4.78, 5) is 2.32. The minimum absolute atomic E-state index is 0.336. The monoisotopic (exact) mass is 306 g/mol. The van der Waals surface area contributed by atoms with Crippen molar-refractivity contribution in [1.82, 2.24) is 0 Å². The van der Waals surface area contributed by atoms with Crippen molar-refractivity contribution in [2.45, 2.75) is 0 Å². The van der Waals surface area contributed by atoms with Gasteiger partial charge in [0.25, 0.3) is 0 Å². The molecule has 0 saturated carbocycles. The number of nitrogens with zero attached hydrogens (tertiary/aromatic N) is 1. The number of nitrogens with two attached hydrogens (primary N) is 1. The number of methoxy groups -OCH3 is 1. The fraction of sp³-hybridized carbons (Fsp3) is 0.133. The van der Waals surface area contributed by atoms with E-state index in [9.17, 15) is 0 Å². The lowest BCUT2D eigenvalue weighted by Gasteiger charge is -2.21. The Balaban J connectivity index is 2.37. The number of benzene rings is 2. The summed E-state index contributed by atoms with van der Waals surface area (Å²) in [5, 5.41) is 0.598. The molecule has 0 unspecified atom stereocenters. The number of thiocarbonyl (C=S) groups is 1. The highest BCUT2D eigenvalue weighted by Gasteiger charge is 2.10. The summed E-state index contributed by atoms with van der Waals surface area (Å²) in [6, 6.07) is 13.3. The van der Waals surface area contributed by atoms with E-state index in [1.165, 1.54) is 0 Å². The molecule has 0 heterocycles. The zero-order valence-corrected chi connectivity index (χ0v) is 12.8. The van der Waals surface area contributed by atoms with Gasteiger partial charge in [-0.15, -0.1) is 0 Å². The van der Waals surface area contributed by atoms with Crippen LogP contribution in [0.15, 0.2) is 42.5 Å². The van der Waals surface area contributed by atoms with Crippen LogP contribution < -0.4 is 15.4 Å². The minimum atomic E-state index is 0.336. The van der Waals surface area contributed by atoms with Gasteiger partial charge in [0.2, 0.25) is 0 Å². The minimum Gasteiger partial charge on any atom is -0.497 e. The Bertz CT molecular complexity index is 646. The fourth-order valence-electron chi connectivity index (χ4n) is 1.89. The second-order valence-corrected chi connectivity index (χ2v) is 5.14. The van der Waals surface area contributed by atoms with Crippen LogP contribution in [0.2, 0.25) is 5.02 Å². The highest BCUT2D eigenvalue weighted by Crippen LogP contribution is 2.32. The third kappa shape index (κ3) is 3.03. The first kappa shape index (κ1) is 14.6. The number of hydrogen-bond donors (Lipinski definition) is 1. The quantitative estimate of drug-likeness (QED) is 0.873. The number of hydrogen-bond acceptors (Lipinski definition) is 3. The summed E-state index contributed by atoms with van der Waals surface area (Å²) in [6.07, 6.45) is 0. The van der Waals surface area contributed by atoms with Gasteiger partial charge in [-0.25, -0.2) is 0 Å². The normalized spacial score (nSPS) is 10.2. The second kappa shape index (κ2) is 6.11. The van der Waals surface area contributed by atoms with Crippen molar-refractivity contribution in [3.63, 3.8) is 0 Å². The lowest BCUT2D eigenvalue weighted by molar-refractivity contribution is 0.415. The molecule has 0 saturated heterocycles. The molecule has 2 aromatic carbocycles. The van der Waals surface area contributed by atoms with E-state index in [4.69, 9.17) is 34.3 Å². The molecule has 0 aliphatic carbocycles. The van der Waals surface area contributed by atoms with Gasteiger partial charge >= 0.3 is 0 Å². The van der Waals surface area contributed by atoms with E-state index < -0.39 is 0 Å². The fourth-order valence-corrected chi connectivity index (χ4v) is 2.32. The van der Waals surface area contributed by atoms with Gasteiger partial charge in [-0.2, -0.15) is 0 Å². The maximum absolute atomic E-state index is 6.30. The molecule has 0 atom stereocenters. The van der Waals surface area contributed by atoms with Crippen LogP contribution in [0, 0.1) is 0 Å². The predicted molar refractivity (Wildman–Crippen MR) is 88.4 cm³/mol. The van der Waals surface area contributed by atoms with Gasteiger partial charge in [0.1, 0.15) is 10.7 Å². The van der Waals surface area contributed by atoms with Crippen LogP contribution in [0.1, 0.15) is 5.56 Å². The Morgan fingerprint density at radius 1 is 1.25 bits per heavy atom. The number of rotatable bonds is 4. The van der Waals surface area contributed by atoms with E-state index in [1.54, 1.807) is 13.2 Å². The zero-order chi connectivity index (χ0) is 14.7. The van der Waals surface area contributed by atoms with E-state index in [-0.39, 0.29) is 0 Å². The topological polar surface area (TPSA) is 38.5 Å². The van der Waals surface area contributed by atoms with Crippen molar-refractivity contribution in [1.29, 1.82) is 0 Å². The van der Waals surface area contributed by atoms with Crippen molar-refractivity contribution < 1.29 is 4.74 Å². The van der Waals surface area contributed by atoms with Crippen LogP contribution in [-0.2, 0) is 0 Å². The second-order valence-electron chi connectivity index (χ2n) is 4.29. The highest BCUT2D eigenvalue weighted by atomic mass is 35.5. The number of halogens is 1. The summed E-state index contributed by atoms with van der Waals surface area (Å²) in [5.41, 5.74) is 8.21. The van der Waals surface area contributed by atoms with Crippen LogP contribution in [0.4, 0.5) is 11.4 Å². The Morgan fingerprint density at radius 3 is 2.60 bits per heavy atom. The largest absolute Gasteiger partial charge is 0.497 e. The molecule has 0 fully saturated rings. The van der Waals surface area contributed by atoms with Crippen molar-refractivity contribution in [2.75, 3.05) is 19.1 Å². The molecule has 2 aromatic rings. The molecule has 20 heavy (non-hydrogen) atoms. The Kier molecular flexibility index (Phi) is 4.47. The van der Waals surface area contributed by atoms with E-state index in [1.807, 2.05) is 48.3 Å². The maximum Gasteiger partial charge on any atom is 0.120 e. The van der Waals surface area contributed by atoms with Crippen LogP contribution in [0.3, 0.4) is 0 Å². The van der Waals surface area contributed by atoms with E-state index in [0.29, 0.717) is 10.0 Å². The van der Waals surface area contributed by atoms with Gasteiger partial charge < -0.3 is 15.4 Å². The first-order valence-electron chi connectivity index (χ1n) is 6.00. The van der Waals surface area contributed by atoms with Crippen molar-refractivity contribution in [2.24, 2.45) is 5.73 Å². The highest BCUT2D eigenvalue weighted by molar-refractivity contribution is 7.80. The Labute approximate surface area is 128 Å². The van der Waals surface area contributed by atoms with Crippen LogP contribution in [0.25, 0.3) is 0 Å². The van der Waals surface area contributed by atoms with Gasteiger partial charge in [0.15, 0.2) is 0 Å². The average Bonchev–Trinajstić information content (AvgIpc) is 2.46. The molecule has 5 heteroatoms. The maximum atomic E-state index is 6.30. The molecular weight excluding hydrogens is 292 g/mol. The SMILES string of the molecule is COc1cccc(N(C)c2ccc(C(N)=S)cc2Cl)c1. The lowest BCUT2D eigenvalue weighted by atomic mass is 10.2. The Hall–Kier alpha value is -1.78. The molecule has 0 aliphatic heterocycles. The van der Waals surface area contributed by atoms with Crippen molar-refractivity contribution >= 4 is 40.2 Å². The van der Waals surface area contributed by atoms with Gasteiger partial charge in [-0.05, 0) is 30.3 Å². The van der Waals surface area contributed by atoms with Gasteiger partial charge in [-0.3, -0.25) is 0 Å². The molecule has 104 valence electrons. The van der Waals surface area contributed by atoms with E-state index >= 15 is 0 Å². The molecule has 0 radical (unpaired) electrons. The first-order valence-corrected chi connectivity index (χ1v) is 6.78. The van der Waals surface area contributed by atoms with E-state index in [0.717, 1.165) is 22.7 Å². The third-order valence-corrected chi connectivity index (χ3v) is 3.57. The number of ether oxygens (including phenoxy) is 1. The van der Waals surface area contributed by atoms with Crippen molar-refractivity contribution in [3.05, 3.63) is 53.1 Å². The summed E-state index contributed by atoms with van der Waals surface area (Å²) in [5.74, 6) is 0.797. The molecule has 2 N–H and O–H groups in total. The standard InChI is InChI=1S/C15H15ClN2OS/c1-18(11-4-3-5-12(9-11)19-2)14-7-6-10(15(17)20)8-13(14)16/h3-9H,1-2H3,(H2,17,20). The molecule has 0 aromatic heterocycles. The molecule has 2 rings (SSSR count). The zero-order valence-electron chi connectivity index (χ0n) is 11.3. The van der Waals surface area contributed by atoms with E-state index in [2.05, 4.69) is 0 Å². The molecule has 0 amide bonds. The first-order chi connectivity index (χ1) is 9.52. The molecular formula is C15H15ClN2OS. The lowest BCUT2D eigenvalue weighted by Crippen LogP contribution is -2.12. The molecule has 0 bridgehead atoms. The summed E-state index contributed by atoms with van der Waals surface area (Å²) >= 11 is 11.2. The van der Waals surface area contributed by atoms with Crippen molar-refractivity contribution in [3.8, 4) is 5.75 Å². The van der Waals surface area contributed by atoms with Gasteiger partial charge in [0.05, 0.1) is 17.8 Å².